The number of nitrogens with zero attached hydrogens (tertiary/aromatic N) is 3. The minimum Gasteiger partial charge on any atom is -0.497 e. The Hall–Kier alpha value is -1.88. The molecule has 0 saturated heterocycles. The molecule has 1 N–H and O–H groups in total. The average molecular weight is 289 g/mol. The lowest BCUT2D eigenvalue weighted by Gasteiger charge is -2.24. The van der Waals surface area contributed by atoms with E-state index in [9.17, 15) is 5.11 Å². The molecule has 1 atom stereocenters. The van der Waals surface area contributed by atoms with Crippen LogP contribution in [0.15, 0.2) is 30.6 Å². The van der Waals surface area contributed by atoms with E-state index in [0.717, 1.165) is 23.7 Å². The summed E-state index contributed by atoms with van der Waals surface area (Å²) in [5.74, 6) is 2.00. The van der Waals surface area contributed by atoms with E-state index in [1.54, 1.807) is 20.4 Å². The molecule has 0 bridgehead atoms. The Labute approximate surface area is 125 Å². The number of hydrogen-bond acceptors (Lipinski definition) is 4. The summed E-state index contributed by atoms with van der Waals surface area (Å²) in [4.78, 5) is 4.28. The summed E-state index contributed by atoms with van der Waals surface area (Å²) in [6, 6.07) is 7.48. The zero-order chi connectivity index (χ0) is 15.5. The number of ether oxygens (including phenoxy) is 1. The lowest BCUT2D eigenvalue weighted by atomic mass is 9.92. The number of rotatable bonds is 6. The van der Waals surface area contributed by atoms with Crippen LogP contribution in [0.4, 0.5) is 0 Å². The van der Waals surface area contributed by atoms with E-state index in [4.69, 9.17) is 4.74 Å². The van der Waals surface area contributed by atoms with Crippen molar-refractivity contribution < 1.29 is 9.84 Å². The highest BCUT2D eigenvalue weighted by molar-refractivity contribution is 5.32. The predicted molar refractivity (Wildman–Crippen MR) is 81.1 cm³/mol. The van der Waals surface area contributed by atoms with Crippen LogP contribution in [0.5, 0.6) is 5.75 Å². The Balaban J connectivity index is 2.22. The molecule has 0 radical (unpaired) electrons. The summed E-state index contributed by atoms with van der Waals surface area (Å²) < 4.78 is 7.08. The van der Waals surface area contributed by atoms with Gasteiger partial charge in [-0.25, -0.2) is 9.67 Å². The zero-order valence-corrected chi connectivity index (χ0v) is 13.1. The monoisotopic (exact) mass is 289 g/mol. The van der Waals surface area contributed by atoms with Crippen molar-refractivity contribution >= 4 is 0 Å². The van der Waals surface area contributed by atoms with E-state index in [0.29, 0.717) is 12.3 Å². The molecule has 5 nitrogen and oxygen atoms in total. The molecule has 1 heterocycles. The van der Waals surface area contributed by atoms with Crippen molar-refractivity contribution in [2.75, 3.05) is 7.11 Å². The molecule has 0 saturated carbocycles. The van der Waals surface area contributed by atoms with E-state index in [2.05, 4.69) is 23.9 Å². The molecule has 0 spiro atoms. The highest BCUT2D eigenvalue weighted by atomic mass is 16.5. The summed E-state index contributed by atoms with van der Waals surface area (Å²) in [6.07, 6.45) is 1.95. The van der Waals surface area contributed by atoms with Gasteiger partial charge in [-0.05, 0) is 30.5 Å². The highest BCUT2D eigenvalue weighted by Gasteiger charge is 2.26. The minimum absolute atomic E-state index is 0.410. The van der Waals surface area contributed by atoms with Crippen LogP contribution in [0.25, 0.3) is 0 Å². The van der Waals surface area contributed by atoms with E-state index in [1.165, 1.54) is 0 Å². The molecule has 21 heavy (non-hydrogen) atoms. The molecule has 0 fully saturated rings. The molecule has 0 aliphatic rings. The van der Waals surface area contributed by atoms with Crippen molar-refractivity contribution in [2.24, 2.45) is 5.92 Å². The molecule has 2 aromatic rings. The Morgan fingerprint density at radius 1 is 1.38 bits per heavy atom. The first kappa shape index (κ1) is 15.5. The van der Waals surface area contributed by atoms with Crippen LogP contribution in [0.1, 0.15) is 32.2 Å². The number of aromatic nitrogens is 3. The fraction of sp³-hybridized carbons (Fsp3) is 0.500. The van der Waals surface area contributed by atoms with Gasteiger partial charge in [-0.2, -0.15) is 5.10 Å². The van der Waals surface area contributed by atoms with Crippen molar-refractivity contribution in [1.29, 1.82) is 0 Å². The minimum atomic E-state index is -1.02. The first-order valence-electron chi connectivity index (χ1n) is 7.16. The van der Waals surface area contributed by atoms with Crippen molar-refractivity contribution in [3.63, 3.8) is 0 Å². The van der Waals surface area contributed by atoms with Crippen LogP contribution in [-0.2, 0) is 18.6 Å². The fourth-order valence-corrected chi connectivity index (χ4v) is 2.29. The third-order valence-corrected chi connectivity index (χ3v) is 3.43. The zero-order valence-electron chi connectivity index (χ0n) is 13.1. The standard InChI is InChI=1S/C16H23N3O2/c1-12(2)10-19-15(17-11-18-19)9-16(3,20)13-6-5-7-14(8-13)21-4/h5-8,11-12,20H,9-10H2,1-4H3. The number of aliphatic hydroxyl groups is 1. The molecule has 0 amide bonds. The van der Waals surface area contributed by atoms with Crippen LogP contribution >= 0.6 is 0 Å². The van der Waals surface area contributed by atoms with Crippen molar-refractivity contribution in [1.82, 2.24) is 14.8 Å². The summed E-state index contributed by atoms with van der Waals surface area (Å²) in [5.41, 5.74) is -0.211. The number of hydrogen-bond donors (Lipinski definition) is 1. The summed E-state index contributed by atoms with van der Waals surface area (Å²) >= 11 is 0. The van der Waals surface area contributed by atoms with Gasteiger partial charge < -0.3 is 9.84 Å². The first-order valence-corrected chi connectivity index (χ1v) is 7.16. The van der Waals surface area contributed by atoms with E-state index >= 15 is 0 Å². The summed E-state index contributed by atoms with van der Waals surface area (Å²) in [7, 11) is 1.62. The molecule has 1 unspecified atom stereocenters. The Kier molecular flexibility index (Phi) is 4.63. The van der Waals surface area contributed by atoms with Gasteiger partial charge in [-0.15, -0.1) is 0 Å². The first-order chi connectivity index (χ1) is 9.92. The Morgan fingerprint density at radius 2 is 2.14 bits per heavy atom. The molecule has 0 aliphatic carbocycles. The van der Waals surface area contributed by atoms with Gasteiger partial charge in [0, 0.05) is 13.0 Å². The van der Waals surface area contributed by atoms with E-state index < -0.39 is 5.60 Å². The smallest absolute Gasteiger partial charge is 0.138 e. The van der Waals surface area contributed by atoms with E-state index in [1.807, 2.05) is 28.9 Å². The molecule has 2 rings (SSSR count). The van der Waals surface area contributed by atoms with Crippen LogP contribution in [0.2, 0.25) is 0 Å². The number of methoxy groups -OCH3 is 1. The van der Waals surface area contributed by atoms with Gasteiger partial charge in [-0.3, -0.25) is 0 Å². The molecule has 1 aromatic carbocycles. The van der Waals surface area contributed by atoms with Gasteiger partial charge in [0.05, 0.1) is 12.7 Å². The molecule has 5 heteroatoms. The molecule has 114 valence electrons. The van der Waals surface area contributed by atoms with Gasteiger partial charge in [0.2, 0.25) is 0 Å². The second kappa shape index (κ2) is 6.26. The second-order valence-corrected chi connectivity index (χ2v) is 5.93. The van der Waals surface area contributed by atoms with Gasteiger partial charge in [-0.1, -0.05) is 26.0 Å². The lowest BCUT2D eigenvalue weighted by molar-refractivity contribution is 0.0538. The topological polar surface area (TPSA) is 60.2 Å². The van der Waals surface area contributed by atoms with Crippen LogP contribution in [-0.4, -0.2) is 27.0 Å². The fourth-order valence-electron chi connectivity index (χ4n) is 2.29. The SMILES string of the molecule is COc1cccc(C(C)(O)Cc2ncnn2CC(C)C)c1. The Morgan fingerprint density at radius 3 is 2.81 bits per heavy atom. The molecular formula is C16H23N3O2. The van der Waals surface area contributed by atoms with E-state index in [-0.39, 0.29) is 0 Å². The summed E-state index contributed by atoms with van der Waals surface area (Å²) in [5, 5.41) is 15.0. The van der Waals surface area contributed by atoms with Crippen LogP contribution in [0.3, 0.4) is 0 Å². The summed E-state index contributed by atoms with van der Waals surface area (Å²) in [6.45, 7) is 6.84. The third-order valence-electron chi connectivity index (χ3n) is 3.43. The van der Waals surface area contributed by atoms with Crippen LogP contribution < -0.4 is 4.74 Å². The lowest BCUT2D eigenvalue weighted by Crippen LogP contribution is -2.27. The highest BCUT2D eigenvalue weighted by Crippen LogP contribution is 2.27. The molecule has 1 aromatic heterocycles. The molecule has 0 aliphatic heterocycles. The maximum absolute atomic E-state index is 10.8. The van der Waals surface area contributed by atoms with Gasteiger partial charge in [0.15, 0.2) is 0 Å². The van der Waals surface area contributed by atoms with Gasteiger partial charge in [0.25, 0.3) is 0 Å². The van der Waals surface area contributed by atoms with Crippen LogP contribution in [0, 0.1) is 5.92 Å². The van der Waals surface area contributed by atoms with Crippen molar-refractivity contribution in [2.45, 2.75) is 39.3 Å². The quantitative estimate of drug-likeness (QED) is 0.887. The van der Waals surface area contributed by atoms with Crippen molar-refractivity contribution in [3.05, 3.63) is 42.0 Å². The second-order valence-electron chi connectivity index (χ2n) is 5.93. The third kappa shape index (κ3) is 3.82. The molecular weight excluding hydrogens is 266 g/mol. The normalized spacial score (nSPS) is 14.2. The average Bonchev–Trinajstić information content (AvgIpc) is 2.84. The van der Waals surface area contributed by atoms with Crippen molar-refractivity contribution in [3.8, 4) is 5.75 Å². The number of benzene rings is 1. The maximum Gasteiger partial charge on any atom is 0.138 e. The predicted octanol–water partition coefficient (Wildman–Crippen LogP) is 2.39. The van der Waals surface area contributed by atoms with Gasteiger partial charge >= 0.3 is 0 Å². The largest absolute Gasteiger partial charge is 0.497 e. The maximum atomic E-state index is 10.8. The van der Waals surface area contributed by atoms with Gasteiger partial charge in [0.1, 0.15) is 17.9 Å². The Bertz CT molecular complexity index is 591.